The molecule has 1 aromatic heterocycles. The SMILES string of the molecule is O=C(O)C1CC2CCCCC2N1C(=O)CCn1cc([N+](=O)[O-])cn1. The van der Waals surface area contributed by atoms with Crippen LogP contribution in [0.2, 0.25) is 0 Å². The molecule has 1 saturated carbocycles. The molecule has 1 aliphatic carbocycles. The normalized spacial score (nSPS) is 26.2. The van der Waals surface area contributed by atoms with Crippen LogP contribution in [0, 0.1) is 16.0 Å². The molecular weight excluding hydrogens is 316 g/mol. The predicted octanol–water partition coefficient (Wildman–Crippen LogP) is 1.43. The van der Waals surface area contributed by atoms with E-state index in [4.69, 9.17) is 0 Å². The first-order valence-electron chi connectivity index (χ1n) is 8.18. The Morgan fingerprint density at radius 1 is 1.38 bits per heavy atom. The third-order valence-electron chi connectivity index (χ3n) is 5.05. The molecule has 130 valence electrons. The van der Waals surface area contributed by atoms with E-state index < -0.39 is 16.9 Å². The molecule has 1 aromatic rings. The fraction of sp³-hybridized carbons (Fsp3) is 0.667. The highest BCUT2D eigenvalue weighted by atomic mass is 16.6. The van der Waals surface area contributed by atoms with Gasteiger partial charge in [-0.3, -0.25) is 19.6 Å². The van der Waals surface area contributed by atoms with Crippen LogP contribution in [0.1, 0.15) is 38.5 Å². The van der Waals surface area contributed by atoms with E-state index in [1.807, 2.05) is 0 Å². The first kappa shape index (κ1) is 16.4. The first-order chi connectivity index (χ1) is 11.5. The first-order valence-corrected chi connectivity index (χ1v) is 8.18. The lowest BCUT2D eigenvalue weighted by Crippen LogP contribution is -2.46. The van der Waals surface area contributed by atoms with Crippen LogP contribution in [0.3, 0.4) is 0 Å². The Morgan fingerprint density at radius 2 is 2.12 bits per heavy atom. The monoisotopic (exact) mass is 336 g/mol. The second-order valence-electron chi connectivity index (χ2n) is 6.47. The quantitative estimate of drug-likeness (QED) is 0.641. The molecule has 24 heavy (non-hydrogen) atoms. The maximum atomic E-state index is 12.6. The molecule has 0 aromatic carbocycles. The van der Waals surface area contributed by atoms with Gasteiger partial charge >= 0.3 is 11.7 Å². The summed E-state index contributed by atoms with van der Waals surface area (Å²) in [5.74, 6) is -0.892. The molecular formula is C15H20N4O5. The fourth-order valence-corrected chi connectivity index (χ4v) is 3.95. The number of carbonyl (C=O) groups is 2. The zero-order valence-corrected chi connectivity index (χ0v) is 13.2. The van der Waals surface area contributed by atoms with E-state index in [-0.39, 0.29) is 36.5 Å². The van der Waals surface area contributed by atoms with Crippen LogP contribution in [-0.4, -0.2) is 48.7 Å². The number of likely N-dealkylation sites (tertiary alicyclic amines) is 1. The number of rotatable bonds is 5. The van der Waals surface area contributed by atoms with Gasteiger partial charge in [0.25, 0.3) is 0 Å². The third-order valence-corrected chi connectivity index (χ3v) is 5.05. The highest BCUT2D eigenvalue weighted by Crippen LogP contribution is 2.40. The van der Waals surface area contributed by atoms with Crippen molar-refractivity contribution in [3.05, 3.63) is 22.5 Å². The molecule has 1 aliphatic heterocycles. The van der Waals surface area contributed by atoms with Gasteiger partial charge in [0.05, 0.1) is 4.92 Å². The lowest BCUT2D eigenvalue weighted by atomic mass is 9.84. The molecule has 9 heteroatoms. The number of aliphatic carboxylic acids is 1. The Kier molecular flexibility index (Phi) is 4.50. The van der Waals surface area contributed by atoms with E-state index in [1.54, 1.807) is 4.90 Å². The van der Waals surface area contributed by atoms with Crippen LogP contribution in [0.15, 0.2) is 12.4 Å². The molecule has 0 spiro atoms. The molecule has 9 nitrogen and oxygen atoms in total. The molecule has 0 radical (unpaired) electrons. The van der Waals surface area contributed by atoms with Crippen LogP contribution in [-0.2, 0) is 16.1 Å². The number of aromatic nitrogens is 2. The number of hydrogen-bond donors (Lipinski definition) is 1. The van der Waals surface area contributed by atoms with Crippen molar-refractivity contribution in [1.29, 1.82) is 0 Å². The van der Waals surface area contributed by atoms with Crippen molar-refractivity contribution in [2.24, 2.45) is 5.92 Å². The van der Waals surface area contributed by atoms with Gasteiger partial charge in [-0.15, -0.1) is 0 Å². The number of carbonyl (C=O) groups excluding carboxylic acids is 1. The van der Waals surface area contributed by atoms with Crippen molar-refractivity contribution in [1.82, 2.24) is 14.7 Å². The van der Waals surface area contributed by atoms with E-state index >= 15 is 0 Å². The predicted molar refractivity (Wildman–Crippen MR) is 82.1 cm³/mol. The lowest BCUT2D eigenvalue weighted by molar-refractivity contribution is -0.385. The summed E-state index contributed by atoms with van der Waals surface area (Å²) < 4.78 is 1.35. The molecule has 1 N–H and O–H groups in total. The van der Waals surface area contributed by atoms with E-state index in [0.717, 1.165) is 31.9 Å². The van der Waals surface area contributed by atoms with Crippen molar-refractivity contribution in [3.8, 4) is 0 Å². The number of carboxylic acids is 1. The highest BCUT2D eigenvalue weighted by molar-refractivity contribution is 5.84. The molecule has 2 fully saturated rings. The topological polar surface area (TPSA) is 119 Å². The largest absolute Gasteiger partial charge is 0.480 e. The second-order valence-corrected chi connectivity index (χ2v) is 6.47. The Hall–Kier alpha value is -2.45. The molecule has 0 bridgehead atoms. The second kappa shape index (κ2) is 6.58. The minimum atomic E-state index is -0.951. The number of nitro groups is 1. The van der Waals surface area contributed by atoms with Gasteiger partial charge < -0.3 is 10.0 Å². The Morgan fingerprint density at radius 3 is 2.79 bits per heavy atom. The zero-order valence-electron chi connectivity index (χ0n) is 13.2. The van der Waals surface area contributed by atoms with Crippen molar-refractivity contribution in [2.45, 2.75) is 57.2 Å². The highest BCUT2D eigenvalue weighted by Gasteiger charge is 2.47. The third kappa shape index (κ3) is 3.10. The van der Waals surface area contributed by atoms with E-state index in [2.05, 4.69) is 5.10 Å². The molecule has 3 unspecified atom stereocenters. The molecule has 2 aliphatic rings. The molecule has 3 rings (SSSR count). The van der Waals surface area contributed by atoms with Crippen molar-refractivity contribution in [2.75, 3.05) is 0 Å². The summed E-state index contributed by atoms with van der Waals surface area (Å²) in [5.41, 5.74) is -0.126. The summed E-state index contributed by atoms with van der Waals surface area (Å²) >= 11 is 0. The van der Waals surface area contributed by atoms with Crippen molar-refractivity contribution >= 4 is 17.6 Å². The summed E-state index contributed by atoms with van der Waals surface area (Å²) in [4.78, 5) is 35.8. The smallest absolute Gasteiger partial charge is 0.326 e. The van der Waals surface area contributed by atoms with Gasteiger partial charge in [0, 0.05) is 19.0 Å². The summed E-state index contributed by atoms with van der Waals surface area (Å²) in [6.45, 7) is 0.201. The number of nitrogens with zero attached hydrogens (tertiary/aromatic N) is 4. The number of aryl methyl sites for hydroxylation is 1. The van der Waals surface area contributed by atoms with Gasteiger partial charge in [-0.05, 0) is 25.2 Å². The minimum Gasteiger partial charge on any atom is -0.480 e. The minimum absolute atomic E-state index is 0.0132. The van der Waals surface area contributed by atoms with Gasteiger partial charge in [-0.25, -0.2) is 4.79 Å². The van der Waals surface area contributed by atoms with Gasteiger partial charge in [0.15, 0.2) is 0 Å². The number of hydrogen-bond acceptors (Lipinski definition) is 5. The Bertz CT molecular complexity index is 658. The van der Waals surface area contributed by atoms with E-state index in [1.165, 1.54) is 10.9 Å². The van der Waals surface area contributed by atoms with Crippen LogP contribution in [0.5, 0.6) is 0 Å². The summed E-state index contributed by atoms with van der Waals surface area (Å²) in [5, 5.41) is 24.0. The van der Waals surface area contributed by atoms with Crippen LogP contribution < -0.4 is 0 Å². The van der Waals surface area contributed by atoms with Crippen molar-refractivity contribution in [3.63, 3.8) is 0 Å². The molecule has 2 heterocycles. The van der Waals surface area contributed by atoms with E-state index in [0.29, 0.717) is 6.42 Å². The standard InChI is InChI=1S/C15H20N4O5/c20-14(5-6-17-9-11(8-16-17)19(23)24)18-12-4-2-1-3-10(12)7-13(18)15(21)22/h8-10,12-13H,1-7H2,(H,21,22). The van der Waals surface area contributed by atoms with Crippen LogP contribution in [0.25, 0.3) is 0 Å². The fourth-order valence-electron chi connectivity index (χ4n) is 3.95. The number of carboxylic acid groups (broad SMARTS) is 1. The number of fused-ring (bicyclic) bond motifs is 1. The zero-order chi connectivity index (χ0) is 17.3. The van der Waals surface area contributed by atoms with Gasteiger partial charge in [0.2, 0.25) is 5.91 Å². The average molecular weight is 336 g/mol. The summed E-state index contributed by atoms with van der Waals surface area (Å²) in [7, 11) is 0. The molecule has 1 amide bonds. The van der Waals surface area contributed by atoms with Crippen molar-refractivity contribution < 1.29 is 19.6 Å². The maximum Gasteiger partial charge on any atom is 0.326 e. The van der Waals surface area contributed by atoms with Gasteiger partial charge in [-0.1, -0.05) is 12.8 Å². The maximum absolute atomic E-state index is 12.6. The summed E-state index contributed by atoms with van der Waals surface area (Å²) in [6.07, 6.45) is 6.96. The van der Waals surface area contributed by atoms with Gasteiger partial charge in [-0.2, -0.15) is 5.10 Å². The van der Waals surface area contributed by atoms with Crippen LogP contribution >= 0.6 is 0 Å². The molecule has 1 saturated heterocycles. The van der Waals surface area contributed by atoms with E-state index in [9.17, 15) is 24.8 Å². The Labute approximate surface area is 138 Å². The lowest BCUT2D eigenvalue weighted by Gasteiger charge is -2.33. The summed E-state index contributed by atoms with van der Waals surface area (Å²) in [6, 6.07) is -0.739. The van der Waals surface area contributed by atoms with Crippen LogP contribution in [0.4, 0.5) is 5.69 Å². The average Bonchev–Trinajstić information content (AvgIpc) is 3.17. The number of amides is 1. The molecule has 3 atom stereocenters. The van der Waals surface area contributed by atoms with Gasteiger partial charge in [0.1, 0.15) is 18.4 Å². The Balaban J connectivity index is 1.67.